The van der Waals surface area contributed by atoms with Gasteiger partial charge >= 0.3 is 5.97 Å². The molecule has 0 N–H and O–H groups in total. The van der Waals surface area contributed by atoms with Crippen LogP contribution in [0.15, 0.2) is 83.3 Å². The molecule has 1 atom stereocenters. The molecule has 210 valence electrons. The Balaban J connectivity index is 0.00000205. The minimum Gasteiger partial charge on any atom is -0.459 e. The lowest BCUT2D eigenvalue weighted by Crippen LogP contribution is -2.42. The van der Waals surface area contributed by atoms with Gasteiger partial charge in [0.2, 0.25) is 0 Å². The number of allylic oxidation sites excluding steroid dienone is 1. The first-order valence-corrected chi connectivity index (χ1v) is 14.4. The van der Waals surface area contributed by atoms with Crippen LogP contribution in [0.25, 0.3) is 0 Å². The number of anilines is 1. The number of para-hydroxylation sites is 1. The van der Waals surface area contributed by atoms with E-state index >= 15 is 0 Å². The molecule has 0 aromatic heterocycles. The second kappa shape index (κ2) is 14.0. The molecule has 0 saturated carbocycles. The van der Waals surface area contributed by atoms with Crippen molar-refractivity contribution in [2.45, 2.75) is 73.5 Å². The minimum absolute atomic E-state index is 0.190. The molecule has 6 nitrogen and oxygen atoms in total. The highest BCUT2D eigenvalue weighted by Gasteiger charge is 2.36. The first-order chi connectivity index (χ1) is 18.8. The van der Waals surface area contributed by atoms with Gasteiger partial charge in [-0.2, -0.15) is 0 Å². The monoisotopic (exact) mass is 530 g/mol. The highest BCUT2D eigenvalue weighted by molar-refractivity contribution is 5.95. The summed E-state index contributed by atoms with van der Waals surface area (Å²) in [6, 6.07) is 18.6. The van der Waals surface area contributed by atoms with E-state index in [1.165, 1.54) is 11.3 Å². The molecule has 0 aliphatic carbocycles. The predicted octanol–water partition coefficient (Wildman–Crippen LogP) is 7.10. The predicted molar refractivity (Wildman–Crippen MR) is 163 cm³/mol. The van der Waals surface area contributed by atoms with Crippen molar-refractivity contribution in [3.8, 4) is 0 Å². The van der Waals surface area contributed by atoms with Gasteiger partial charge in [0.1, 0.15) is 11.7 Å². The maximum Gasteiger partial charge on any atom is 0.338 e. The standard InChI is InChI=1S/C31H40N4O2.C2H6/c1-7-28-32-24(5)29(31(36)37-22(2)3)30(26-14-11-13-23(4)21-26)35(28)18-12-17-33-19-20-34(25(33)6)27-15-9-8-10-16-27;1-2/h8-11,13-16,21-22,30H,6-7,12,17-20H2,1-5H3;1-2H3. The summed E-state index contributed by atoms with van der Waals surface area (Å²) in [6.45, 7) is 21.9. The molecule has 6 heteroatoms. The van der Waals surface area contributed by atoms with Crippen LogP contribution in [-0.4, -0.2) is 53.9 Å². The zero-order valence-corrected chi connectivity index (χ0v) is 24.9. The van der Waals surface area contributed by atoms with Crippen molar-refractivity contribution in [2.24, 2.45) is 4.99 Å². The fraction of sp³-hybridized carbons (Fsp3) is 0.455. The second-order valence-corrected chi connectivity index (χ2v) is 10.1. The number of esters is 1. The van der Waals surface area contributed by atoms with Gasteiger partial charge in [-0.25, -0.2) is 9.79 Å². The van der Waals surface area contributed by atoms with Gasteiger partial charge < -0.3 is 19.4 Å². The van der Waals surface area contributed by atoms with Crippen LogP contribution < -0.4 is 4.90 Å². The van der Waals surface area contributed by atoms with Gasteiger partial charge in [0.25, 0.3) is 0 Å². The number of carbonyl (C=O) groups is 1. The van der Waals surface area contributed by atoms with E-state index in [4.69, 9.17) is 9.73 Å². The third-order valence-corrected chi connectivity index (χ3v) is 7.00. The van der Waals surface area contributed by atoms with E-state index in [1.54, 1.807) is 0 Å². The normalized spacial score (nSPS) is 17.3. The van der Waals surface area contributed by atoms with Crippen LogP contribution in [0.4, 0.5) is 5.69 Å². The molecule has 39 heavy (non-hydrogen) atoms. The Morgan fingerprint density at radius 2 is 1.77 bits per heavy atom. The first-order valence-electron chi connectivity index (χ1n) is 14.4. The molecule has 1 unspecified atom stereocenters. The second-order valence-electron chi connectivity index (χ2n) is 10.1. The van der Waals surface area contributed by atoms with Gasteiger partial charge in [-0.05, 0) is 51.8 Å². The summed E-state index contributed by atoms with van der Waals surface area (Å²) < 4.78 is 5.69. The number of nitrogens with zero attached hydrogens (tertiary/aromatic N) is 4. The molecular weight excluding hydrogens is 484 g/mol. The van der Waals surface area contributed by atoms with Gasteiger partial charge in [-0.15, -0.1) is 0 Å². The van der Waals surface area contributed by atoms with Crippen LogP contribution >= 0.6 is 0 Å². The molecule has 2 aliphatic rings. The molecule has 0 amide bonds. The quantitative estimate of drug-likeness (QED) is 0.324. The summed E-state index contributed by atoms with van der Waals surface area (Å²) in [6.07, 6.45) is 1.53. The van der Waals surface area contributed by atoms with E-state index in [1.807, 2.05) is 40.7 Å². The number of carbonyl (C=O) groups excluding carboxylic acids is 1. The van der Waals surface area contributed by atoms with Crippen molar-refractivity contribution in [1.29, 1.82) is 0 Å². The SMILES string of the molecule is C=C1N(CCCN2C(CC)=NC(C)=C(C(=O)OC(C)C)C2c2cccc(C)c2)CCN1c1ccccc1.CC. The van der Waals surface area contributed by atoms with Gasteiger partial charge in [-0.1, -0.05) is 75.4 Å². The van der Waals surface area contributed by atoms with Crippen molar-refractivity contribution in [1.82, 2.24) is 9.80 Å². The molecular formula is C33H46N4O2. The third kappa shape index (κ3) is 7.11. The number of rotatable bonds is 9. The van der Waals surface area contributed by atoms with E-state index in [-0.39, 0.29) is 18.1 Å². The Hall–Kier alpha value is -3.54. The summed E-state index contributed by atoms with van der Waals surface area (Å²) in [4.78, 5) is 25.2. The lowest BCUT2D eigenvalue weighted by atomic mass is 9.92. The van der Waals surface area contributed by atoms with Crippen molar-refractivity contribution in [2.75, 3.05) is 31.1 Å². The Bertz CT molecular complexity index is 1190. The molecule has 0 spiro atoms. The van der Waals surface area contributed by atoms with Gasteiger partial charge in [-0.3, -0.25) is 0 Å². The van der Waals surface area contributed by atoms with Gasteiger partial charge in [0.15, 0.2) is 0 Å². The van der Waals surface area contributed by atoms with E-state index in [2.05, 4.69) is 83.7 Å². The molecule has 2 aliphatic heterocycles. The topological polar surface area (TPSA) is 48.4 Å². The fourth-order valence-corrected chi connectivity index (χ4v) is 5.29. The lowest BCUT2D eigenvalue weighted by molar-refractivity contribution is -0.143. The third-order valence-electron chi connectivity index (χ3n) is 7.00. The smallest absolute Gasteiger partial charge is 0.338 e. The van der Waals surface area contributed by atoms with Crippen molar-refractivity contribution >= 4 is 17.5 Å². The van der Waals surface area contributed by atoms with Crippen LogP contribution in [0.2, 0.25) is 0 Å². The van der Waals surface area contributed by atoms with Crippen LogP contribution in [-0.2, 0) is 9.53 Å². The largest absolute Gasteiger partial charge is 0.459 e. The summed E-state index contributed by atoms with van der Waals surface area (Å²) in [5, 5.41) is 0. The maximum absolute atomic E-state index is 13.3. The van der Waals surface area contributed by atoms with Crippen molar-refractivity contribution in [3.63, 3.8) is 0 Å². The summed E-state index contributed by atoms with van der Waals surface area (Å²) >= 11 is 0. The molecule has 2 aromatic carbocycles. The van der Waals surface area contributed by atoms with E-state index in [0.29, 0.717) is 5.57 Å². The number of benzene rings is 2. The highest BCUT2D eigenvalue weighted by atomic mass is 16.5. The number of hydrogen-bond acceptors (Lipinski definition) is 6. The molecule has 0 radical (unpaired) electrons. The molecule has 0 bridgehead atoms. The Labute approximate surface area is 235 Å². The molecule has 1 saturated heterocycles. The number of aliphatic imine (C=N–C) groups is 1. The summed E-state index contributed by atoms with van der Waals surface area (Å²) in [5.41, 5.74) is 4.83. The molecule has 1 fully saturated rings. The van der Waals surface area contributed by atoms with Crippen LogP contribution in [0.5, 0.6) is 0 Å². The highest BCUT2D eigenvalue weighted by Crippen LogP contribution is 2.37. The molecule has 2 aromatic rings. The zero-order valence-electron chi connectivity index (χ0n) is 24.9. The minimum atomic E-state index is -0.283. The average molecular weight is 531 g/mol. The summed E-state index contributed by atoms with van der Waals surface area (Å²) in [5.74, 6) is 1.77. The number of ether oxygens (including phenoxy) is 1. The summed E-state index contributed by atoms with van der Waals surface area (Å²) in [7, 11) is 0. The van der Waals surface area contributed by atoms with E-state index < -0.39 is 0 Å². The van der Waals surface area contributed by atoms with Crippen molar-refractivity contribution in [3.05, 3.63) is 89.4 Å². The first kappa shape index (κ1) is 30.0. The van der Waals surface area contributed by atoms with Crippen LogP contribution in [0.1, 0.15) is 71.6 Å². The Kier molecular flexibility index (Phi) is 10.8. The Morgan fingerprint density at radius 1 is 1.05 bits per heavy atom. The molecule has 2 heterocycles. The van der Waals surface area contributed by atoms with Crippen LogP contribution in [0, 0.1) is 6.92 Å². The number of amidine groups is 1. The van der Waals surface area contributed by atoms with Gasteiger partial charge in [0.05, 0.1) is 23.4 Å². The van der Waals surface area contributed by atoms with Crippen LogP contribution in [0.3, 0.4) is 0 Å². The maximum atomic E-state index is 13.3. The average Bonchev–Trinajstić information content (AvgIpc) is 3.29. The molecule has 4 rings (SSSR count). The van der Waals surface area contributed by atoms with E-state index in [0.717, 1.165) is 61.9 Å². The van der Waals surface area contributed by atoms with Gasteiger partial charge in [0, 0.05) is 38.3 Å². The Morgan fingerprint density at radius 3 is 2.41 bits per heavy atom. The number of aryl methyl sites for hydroxylation is 1. The fourth-order valence-electron chi connectivity index (χ4n) is 5.29. The lowest BCUT2D eigenvalue weighted by Gasteiger charge is -2.39. The van der Waals surface area contributed by atoms with E-state index in [9.17, 15) is 4.79 Å². The number of hydrogen-bond donors (Lipinski definition) is 0. The zero-order chi connectivity index (χ0) is 28.5. The van der Waals surface area contributed by atoms with Crippen molar-refractivity contribution < 1.29 is 9.53 Å².